The van der Waals surface area contributed by atoms with Gasteiger partial charge in [0.2, 0.25) is 11.8 Å². The van der Waals surface area contributed by atoms with E-state index < -0.39 is 0 Å². The van der Waals surface area contributed by atoms with E-state index in [-0.39, 0.29) is 36.2 Å². The molecule has 3 aromatic rings. The third kappa shape index (κ3) is 3.39. The van der Waals surface area contributed by atoms with Crippen LogP contribution in [-0.4, -0.2) is 51.7 Å². The normalized spacial score (nSPS) is 18.7. The zero-order valence-corrected chi connectivity index (χ0v) is 19.0. The number of rotatable bonds is 4. The Morgan fingerprint density at radius 3 is 2.42 bits per heavy atom. The molecule has 170 valence electrons. The van der Waals surface area contributed by atoms with E-state index in [0.29, 0.717) is 31.5 Å². The second-order valence-electron chi connectivity index (χ2n) is 9.06. The Morgan fingerprint density at radius 1 is 1.03 bits per heavy atom. The zero-order chi connectivity index (χ0) is 23.3. The van der Waals surface area contributed by atoms with Crippen LogP contribution >= 0.6 is 0 Å². The number of benzene rings is 2. The molecule has 1 saturated heterocycles. The van der Waals surface area contributed by atoms with Crippen LogP contribution in [0.4, 0.5) is 0 Å². The fourth-order valence-corrected chi connectivity index (χ4v) is 5.40. The summed E-state index contributed by atoms with van der Waals surface area (Å²) < 4.78 is 2.14. The van der Waals surface area contributed by atoms with Crippen molar-refractivity contribution in [3.05, 3.63) is 70.9 Å². The molecule has 1 atom stereocenters. The van der Waals surface area contributed by atoms with Gasteiger partial charge in [0.15, 0.2) is 0 Å². The molecule has 2 aliphatic heterocycles. The molecule has 3 amide bonds. The number of piperidine rings is 1. The minimum atomic E-state index is -0.327. The second-order valence-corrected chi connectivity index (χ2v) is 9.06. The van der Waals surface area contributed by atoms with Crippen LogP contribution in [0.25, 0.3) is 10.9 Å². The van der Waals surface area contributed by atoms with Crippen LogP contribution < -0.4 is 5.73 Å². The molecule has 0 aliphatic carbocycles. The van der Waals surface area contributed by atoms with Crippen molar-refractivity contribution in [1.82, 2.24) is 14.4 Å². The molecule has 0 spiro atoms. The first kappa shape index (κ1) is 21.2. The number of aromatic nitrogens is 1. The van der Waals surface area contributed by atoms with Crippen LogP contribution in [0.3, 0.4) is 0 Å². The number of nitrogens with two attached hydrogens (primary N) is 1. The van der Waals surface area contributed by atoms with Crippen LogP contribution in [0.5, 0.6) is 0 Å². The molecule has 3 heterocycles. The standard InChI is InChI=1S/C26H28N4O3/c1-16-23(20-9-5-6-10-21(20)28(16)2)24-18-7-3-4-8-19(18)26(33)30(24)15-22(31)29-13-11-17(12-14-29)25(27)32/h3-10,17,24H,11-15H2,1-2H3,(H2,27,32)/t24-/m1/s1. The van der Waals surface area contributed by atoms with E-state index in [0.717, 1.165) is 27.7 Å². The summed E-state index contributed by atoms with van der Waals surface area (Å²) in [6.07, 6.45) is 1.14. The SMILES string of the molecule is Cc1c([C@H]2c3ccccc3C(=O)N2CC(=O)N2CCC(C(N)=O)CC2)c2ccccc2n1C. The predicted octanol–water partition coefficient (Wildman–Crippen LogP) is 2.76. The number of primary amides is 1. The third-order valence-electron chi connectivity index (χ3n) is 7.34. The number of amides is 3. The zero-order valence-electron chi connectivity index (χ0n) is 19.0. The minimum absolute atomic E-state index is 0.00206. The Kier molecular flexibility index (Phi) is 5.19. The highest BCUT2D eigenvalue weighted by Gasteiger charge is 2.41. The lowest BCUT2D eigenvalue weighted by atomic mass is 9.95. The van der Waals surface area contributed by atoms with Gasteiger partial charge in [-0.3, -0.25) is 14.4 Å². The van der Waals surface area contributed by atoms with E-state index >= 15 is 0 Å². The average molecular weight is 445 g/mol. The maximum atomic E-state index is 13.5. The van der Waals surface area contributed by atoms with E-state index in [4.69, 9.17) is 5.73 Å². The molecule has 2 aliphatic rings. The fourth-order valence-electron chi connectivity index (χ4n) is 5.40. The number of fused-ring (bicyclic) bond motifs is 2. The van der Waals surface area contributed by atoms with Gasteiger partial charge < -0.3 is 20.1 Å². The molecule has 1 fully saturated rings. The summed E-state index contributed by atoms with van der Waals surface area (Å²) in [5, 5.41) is 1.09. The highest BCUT2D eigenvalue weighted by molar-refractivity contribution is 6.02. The van der Waals surface area contributed by atoms with Crippen LogP contribution in [0.1, 0.15) is 46.1 Å². The quantitative estimate of drug-likeness (QED) is 0.671. The summed E-state index contributed by atoms with van der Waals surface area (Å²) in [5.74, 6) is -0.707. The molecule has 0 bridgehead atoms. The molecule has 2 aromatic carbocycles. The molecule has 0 unspecified atom stereocenters. The van der Waals surface area contributed by atoms with E-state index in [9.17, 15) is 14.4 Å². The number of nitrogens with zero attached hydrogens (tertiary/aromatic N) is 3. The van der Waals surface area contributed by atoms with Crippen molar-refractivity contribution in [3.63, 3.8) is 0 Å². The summed E-state index contributed by atoms with van der Waals surface area (Å²) in [6, 6.07) is 15.5. The van der Waals surface area contributed by atoms with Crippen molar-refractivity contribution in [2.45, 2.75) is 25.8 Å². The Labute approximate surface area is 192 Å². The highest BCUT2D eigenvalue weighted by Crippen LogP contribution is 2.43. The first-order chi connectivity index (χ1) is 15.9. The molecule has 1 aromatic heterocycles. The van der Waals surface area contributed by atoms with Crippen molar-refractivity contribution >= 4 is 28.6 Å². The smallest absolute Gasteiger partial charge is 0.255 e. The van der Waals surface area contributed by atoms with E-state index in [2.05, 4.69) is 23.6 Å². The van der Waals surface area contributed by atoms with Gasteiger partial charge in [-0.15, -0.1) is 0 Å². The van der Waals surface area contributed by atoms with Crippen molar-refractivity contribution in [2.24, 2.45) is 18.7 Å². The van der Waals surface area contributed by atoms with Gasteiger partial charge >= 0.3 is 0 Å². The van der Waals surface area contributed by atoms with Crippen molar-refractivity contribution in [1.29, 1.82) is 0 Å². The van der Waals surface area contributed by atoms with Crippen molar-refractivity contribution < 1.29 is 14.4 Å². The number of aryl methyl sites for hydroxylation is 1. The first-order valence-electron chi connectivity index (χ1n) is 11.4. The van der Waals surface area contributed by atoms with Crippen LogP contribution in [-0.2, 0) is 16.6 Å². The Hall–Kier alpha value is -3.61. The van der Waals surface area contributed by atoms with Gasteiger partial charge in [-0.25, -0.2) is 0 Å². The number of hydrogen-bond acceptors (Lipinski definition) is 3. The third-order valence-corrected chi connectivity index (χ3v) is 7.34. The van der Waals surface area contributed by atoms with E-state index in [1.54, 1.807) is 9.80 Å². The molecule has 0 saturated carbocycles. The number of para-hydroxylation sites is 1. The Morgan fingerprint density at radius 2 is 1.70 bits per heavy atom. The molecule has 2 N–H and O–H groups in total. The summed E-state index contributed by atoms with van der Waals surface area (Å²) in [7, 11) is 2.03. The molecular weight excluding hydrogens is 416 g/mol. The largest absolute Gasteiger partial charge is 0.369 e. The second kappa shape index (κ2) is 8.06. The molecule has 33 heavy (non-hydrogen) atoms. The van der Waals surface area contributed by atoms with Crippen LogP contribution in [0, 0.1) is 12.8 Å². The minimum Gasteiger partial charge on any atom is -0.369 e. The number of hydrogen-bond donors (Lipinski definition) is 1. The lowest BCUT2D eigenvalue weighted by molar-refractivity contribution is -0.135. The van der Waals surface area contributed by atoms with Gasteiger partial charge in [0.25, 0.3) is 5.91 Å². The highest BCUT2D eigenvalue weighted by atomic mass is 16.2. The summed E-state index contributed by atoms with van der Waals surface area (Å²) >= 11 is 0. The maximum Gasteiger partial charge on any atom is 0.255 e. The fraction of sp³-hybridized carbons (Fsp3) is 0.346. The molecule has 5 rings (SSSR count). The Balaban J connectivity index is 1.51. The number of carbonyl (C=O) groups is 3. The van der Waals surface area contributed by atoms with Crippen LogP contribution in [0.2, 0.25) is 0 Å². The Bertz CT molecular complexity index is 1270. The van der Waals surface area contributed by atoms with Gasteiger partial charge in [0.1, 0.15) is 6.54 Å². The summed E-state index contributed by atoms with van der Waals surface area (Å²) in [6.45, 7) is 3.04. The molecule has 7 nitrogen and oxygen atoms in total. The lowest BCUT2D eigenvalue weighted by Crippen LogP contribution is -2.46. The predicted molar refractivity (Wildman–Crippen MR) is 125 cm³/mol. The van der Waals surface area contributed by atoms with Crippen LogP contribution in [0.15, 0.2) is 48.5 Å². The van der Waals surface area contributed by atoms with Gasteiger partial charge in [-0.05, 0) is 37.5 Å². The van der Waals surface area contributed by atoms with E-state index in [1.807, 2.05) is 43.4 Å². The first-order valence-corrected chi connectivity index (χ1v) is 11.4. The van der Waals surface area contributed by atoms with Gasteiger partial charge in [0.05, 0.1) is 6.04 Å². The van der Waals surface area contributed by atoms with Gasteiger partial charge in [-0.2, -0.15) is 0 Å². The number of likely N-dealkylation sites (tertiary alicyclic amines) is 1. The van der Waals surface area contributed by atoms with Crippen molar-refractivity contribution in [2.75, 3.05) is 19.6 Å². The number of carbonyl (C=O) groups excluding carboxylic acids is 3. The van der Waals surface area contributed by atoms with E-state index in [1.165, 1.54) is 0 Å². The molecule has 0 radical (unpaired) electrons. The lowest BCUT2D eigenvalue weighted by Gasteiger charge is -2.33. The van der Waals surface area contributed by atoms with Gasteiger partial charge in [0, 0.05) is 53.8 Å². The van der Waals surface area contributed by atoms with Crippen molar-refractivity contribution in [3.8, 4) is 0 Å². The summed E-state index contributed by atoms with van der Waals surface area (Å²) in [5.41, 5.74) is 10.3. The monoisotopic (exact) mass is 444 g/mol. The molecule has 7 heteroatoms. The summed E-state index contributed by atoms with van der Waals surface area (Å²) in [4.78, 5) is 41.7. The maximum absolute atomic E-state index is 13.5. The molecular formula is C26H28N4O3. The van der Waals surface area contributed by atoms with Gasteiger partial charge in [-0.1, -0.05) is 36.4 Å². The topological polar surface area (TPSA) is 88.6 Å². The average Bonchev–Trinajstić information content (AvgIpc) is 3.24.